The summed E-state index contributed by atoms with van der Waals surface area (Å²) in [6.45, 7) is 14.4. The Morgan fingerprint density at radius 2 is 1.48 bits per heavy atom. The van der Waals surface area contributed by atoms with E-state index in [-0.39, 0.29) is 23.7 Å². The third-order valence-electron chi connectivity index (χ3n) is 5.53. The first-order valence-electron chi connectivity index (χ1n) is 11.2. The minimum Gasteiger partial charge on any atom is -0.352 e. The lowest BCUT2D eigenvalue weighted by Crippen LogP contribution is -2.31. The maximum atomic E-state index is 12.3. The van der Waals surface area contributed by atoms with Crippen molar-refractivity contribution in [1.29, 1.82) is 0 Å². The van der Waals surface area contributed by atoms with E-state index in [1.165, 1.54) is 11.1 Å². The van der Waals surface area contributed by atoms with Crippen LogP contribution in [0.15, 0.2) is 48.5 Å². The van der Waals surface area contributed by atoms with Gasteiger partial charge in [-0.05, 0) is 47.3 Å². The molecule has 0 unspecified atom stereocenters. The van der Waals surface area contributed by atoms with E-state index in [1.54, 1.807) is 0 Å². The molecule has 2 N–H and O–H groups in total. The van der Waals surface area contributed by atoms with Gasteiger partial charge >= 0.3 is 0 Å². The van der Waals surface area contributed by atoms with Crippen LogP contribution < -0.4 is 10.6 Å². The van der Waals surface area contributed by atoms with Gasteiger partial charge in [0.25, 0.3) is 5.91 Å². The molecular formula is C26H37N3O2. The zero-order valence-corrected chi connectivity index (χ0v) is 19.6. The van der Waals surface area contributed by atoms with Crippen LogP contribution >= 0.6 is 0 Å². The number of benzene rings is 2. The molecule has 2 rings (SSSR count). The van der Waals surface area contributed by atoms with Crippen molar-refractivity contribution >= 4 is 11.8 Å². The summed E-state index contributed by atoms with van der Waals surface area (Å²) in [6.07, 6.45) is 0.254. The summed E-state index contributed by atoms with van der Waals surface area (Å²) in [5, 5.41) is 5.81. The molecule has 0 bridgehead atoms. The summed E-state index contributed by atoms with van der Waals surface area (Å²) in [5.74, 6) is -0.223. The molecule has 2 amide bonds. The Morgan fingerprint density at radius 3 is 2.06 bits per heavy atom. The molecule has 0 atom stereocenters. The number of carbonyl (C=O) groups is 2. The van der Waals surface area contributed by atoms with Crippen molar-refractivity contribution in [1.82, 2.24) is 15.5 Å². The van der Waals surface area contributed by atoms with E-state index >= 15 is 0 Å². The maximum Gasteiger partial charge on any atom is 0.251 e. The summed E-state index contributed by atoms with van der Waals surface area (Å²) in [7, 11) is 0. The summed E-state index contributed by atoms with van der Waals surface area (Å²) in [4.78, 5) is 26.9. The Labute approximate surface area is 187 Å². The third-order valence-corrected chi connectivity index (χ3v) is 5.53. The van der Waals surface area contributed by atoms with Gasteiger partial charge in [-0.25, -0.2) is 0 Å². The SMILES string of the molecule is CCN(CC)Cc1ccccc1CNC(=O)CCNC(=O)c1ccc(C(C)(C)C)cc1. The minimum absolute atomic E-state index is 0.0527. The molecule has 0 aliphatic carbocycles. The normalized spacial score (nSPS) is 11.4. The first-order chi connectivity index (χ1) is 14.7. The highest BCUT2D eigenvalue weighted by Crippen LogP contribution is 2.22. The van der Waals surface area contributed by atoms with E-state index in [4.69, 9.17) is 0 Å². The summed E-state index contributed by atoms with van der Waals surface area (Å²) >= 11 is 0. The van der Waals surface area contributed by atoms with Gasteiger partial charge in [-0.15, -0.1) is 0 Å². The van der Waals surface area contributed by atoms with Crippen LogP contribution in [-0.2, 0) is 23.3 Å². The van der Waals surface area contributed by atoms with Gasteiger partial charge < -0.3 is 10.6 Å². The number of hydrogen-bond donors (Lipinski definition) is 2. The molecule has 5 nitrogen and oxygen atoms in total. The average molecular weight is 424 g/mol. The topological polar surface area (TPSA) is 61.4 Å². The van der Waals surface area contributed by atoms with Gasteiger partial charge in [-0.1, -0.05) is 71.0 Å². The van der Waals surface area contributed by atoms with Crippen molar-refractivity contribution < 1.29 is 9.59 Å². The Bertz CT molecular complexity index is 850. The predicted octanol–water partition coefficient (Wildman–Crippen LogP) is 4.26. The van der Waals surface area contributed by atoms with Crippen molar-refractivity contribution in [3.63, 3.8) is 0 Å². The smallest absolute Gasteiger partial charge is 0.251 e. The lowest BCUT2D eigenvalue weighted by molar-refractivity contribution is -0.121. The first-order valence-corrected chi connectivity index (χ1v) is 11.2. The predicted molar refractivity (Wildman–Crippen MR) is 127 cm³/mol. The van der Waals surface area contributed by atoms with Crippen molar-refractivity contribution in [2.75, 3.05) is 19.6 Å². The number of nitrogens with one attached hydrogen (secondary N) is 2. The molecule has 31 heavy (non-hydrogen) atoms. The molecule has 0 saturated heterocycles. The number of hydrogen-bond acceptors (Lipinski definition) is 3. The van der Waals surface area contributed by atoms with Gasteiger partial charge in [-0.3, -0.25) is 14.5 Å². The fourth-order valence-corrected chi connectivity index (χ4v) is 3.37. The van der Waals surface area contributed by atoms with E-state index in [9.17, 15) is 9.59 Å². The molecule has 0 radical (unpaired) electrons. The van der Waals surface area contributed by atoms with Crippen molar-refractivity contribution in [3.05, 3.63) is 70.8 Å². The van der Waals surface area contributed by atoms with Crippen LogP contribution in [0.3, 0.4) is 0 Å². The van der Waals surface area contributed by atoms with Crippen LogP contribution in [0.4, 0.5) is 0 Å². The van der Waals surface area contributed by atoms with E-state index in [1.807, 2.05) is 36.4 Å². The summed E-state index contributed by atoms with van der Waals surface area (Å²) in [6, 6.07) is 15.8. The van der Waals surface area contributed by atoms with Gasteiger partial charge in [0.2, 0.25) is 5.91 Å². The number of carbonyl (C=O) groups excluding carboxylic acids is 2. The minimum atomic E-state index is -0.155. The average Bonchev–Trinajstić information content (AvgIpc) is 2.76. The zero-order valence-electron chi connectivity index (χ0n) is 19.6. The molecule has 168 valence electrons. The van der Waals surface area contributed by atoms with E-state index in [2.05, 4.69) is 62.3 Å². The second kappa shape index (κ2) is 11.7. The van der Waals surface area contributed by atoms with Gasteiger partial charge in [0, 0.05) is 31.6 Å². The number of rotatable bonds is 10. The maximum absolute atomic E-state index is 12.3. The largest absolute Gasteiger partial charge is 0.352 e. The molecule has 2 aromatic carbocycles. The fourth-order valence-electron chi connectivity index (χ4n) is 3.37. The standard InChI is InChI=1S/C26H37N3O2/c1-6-29(7-2)19-22-11-9-8-10-21(22)18-28-24(30)16-17-27-25(31)20-12-14-23(15-13-20)26(3,4)5/h8-15H,6-7,16-19H2,1-5H3,(H,27,31)(H,28,30). The first kappa shape index (κ1) is 24.6. The highest BCUT2D eigenvalue weighted by Gasteiger charge is 2.14. The molecule has 2 aromatic rings. The molecule has 0 fully saturated rings. The molecular weight excluding hydrogens is 386 g/mol. The van der Waals surface area contributed by atoms with Gasteiger partial charge in [0.15, 0.2) is 0 Å². The van der Waals surface area contributed by atoms with Crippen molar-refractivity contribution in [3.8, 4) is 0 Å². The Balaban J connectivity index is 1.79. The van der Waals surface area contributed by atoms with Crippen molar-refractivity contribution in [2.24, 2.45) is 0 Å². The second-order valence-corrected chi connectivity index (χ2v) is 8.84. The lowest BCUT2D eigenvalue weighted by atomic mass is 9.87. The molecule has 0 aliphatic rings. The Morgan fingerprint density at radius 1 is 0.871 bits per heavy atom. The molecule has 0 aliphatic heterocycles. The third kappa shape index (κ3) is 7.83. The van der Waals surface area contributed by atoms with E-state index < -0.39 is 0 Å². The zero-order chi connectivity index (χ0) is 22.9. The second-order valence-electron chi connectivity index (χ2n) is 8.84. The monoisotopic (exact) mass is 423 g/mol. The van der Waals surface area contributed by atoms with Crippen LogP contribution in [-0.4, -0.2) is 36.3 Å². The van der Waals surface area contributed by atoms with Crippen LogP contribution in [0.25, 0.3) is 0 Å². The Kier molecular flexibility index (Phi) is 9.25. The van der Waals surface area contributed by atoms with Crippen LogP contribution in [0.5, 0.6) is 0 Å². The van der Waals surface area contributed by atoms with Gasteiger partial charge in [0.05, 0.1) is 0 Å². The molecule has 5 heteroatoms. The highest BCUT2D eigenvalue weighted by atomic mass is 16.2. The van der Waals surface area contributed by atoms with Crippen LogP contribution in [0.2, 0.25) is 0 Å². The van der Waals surface area contributed by atoms with Crippen LogP contribution in [0, 0.1) is 0 Å². The van der Waals surface area contributed by atoms with Gasteiger partial charge in [-0.2, -0.15) is 0 Å². The lowest BCUT2D eigenvalue weighted by Gasteiger charge is -2.20. The Hall–Kier alpha value is -2.66. The molecule has 0 spiro atoms. The van der Waals surface area contributed by atoms with Gasteiger partial charge in [0.1, 0.15) is 0 Å². The summed E-state index contributed by atoms with van der Waals surface area (Å²) < 4.78 is 0. The quantitative estimate of drug-likeness (QED) is 0.600. The number of amides is 2. The number of nitrogens with zero attached hydrogens (tertiary/aromatic N) is 1. The molecule has 0 heterocycles. The molecule has 0 aromatic heterocycles. The summed E-state index contributed by atoms with van der Waals surface area (Å²) in [5.41, 5.74) is 4.21. The van der Waals surface area contributed by atoms with E-state index in [0.29, 0.717) is 18.7 Å². The molecule has 0 saturated carbocycles. The van der Waals surface area contributed by atoms with Crippen molar-refractivity contribution in [2.45, 2.75) is 59.5 Å². The highest BCUT2D eigenvalue weighted by molar-refractivity contribution is 5.94. The van der Waals surface area contributed by atoms with Crippen LogP contribution in [0.1, 0.15) is 68.1 Å². The van der Waals surface area contributed by atoms with E-state index in [0.717, 1.165) is 25.2 Å². The fraction of sp³-hybridized carbons (Fsp3) is 0.462.